The number of nitrogens with one attached hydrogen (secondary N) is 2. The third kappa shape index (κ3) is 19.6. The molecule has 0 bridgehead atoms. The minimum Gasteiger partial charge on any atom is -0.366 e. The van der Waals surface area contributed by atoms with Crippen LogP contribution in [-0.2, 0) is 0 Å². The lowest BCUT2D eigenvalue weighted by Crippen LogP contribution is -2.32. The molecule has 138 valence electrons. The minimum absolute atomic E-state index is 0.769. The van der Waals surface area contributed by atoms with Crippen molar-refractivity contribution in [2.75, 3.05) is 13.6 Å². The van der Waals surface area contributed by atoms with Crippen molar-refractivity contribution in [2.45, 2.75) is 110 Å². The molecule has 0 aromatic heterocycles. The van der Waals surface area contributed by atoms with Gasteiger partial charge in [-0.15, -0.1) is 0 Å². The van der Waals surface area contributed by atoms with Gasteiger partial charge in [-0.25, -0.2) is 0 Å². The third-order valence-electron chi connectivity index (χ3n) is 4.54. The second kappa shape index (κ2) is 19.7. The normalized spacial score (nSPS) is 10.7. The molecule has 0 rings (SSSR count). The van der Waals surface area contributed by atoms with Crippen LogP contribution in [0.2, 0.25) is 0 Å². The Labute approximate surface area is 151 Å². The van der Waals surface area contributed by atoms with E-state index in [0.29, 0.717) is 0 Å². The van der Waals surface area contributed by atoms with Crippen molar-refractivity contribution >= 4 is 17.3 Å². The lowest BCUT2D eigenvalue weighted by atomic mass is 10.0. The van der Waals surface area contributed by atoms with Crippen molar-refractivity contribution in [1.29, 1.82) is 0 Å². The molecule has 0 aromatic carbocycles. The summed E-state index contributed by atoms with van der Waals surface area (Å²) >= 11 is 5.04. The summed E-state index contributed by atoms with van der Waals surface area (Å²) in [6.45, 7) is 3.30. The van der Waals surface area contributed by atoms with Gasteiger partial charge < -0.3 is 10.6 Å². The zero-order valence-corrected chi connectivity index (χ0v) is 16.7. The van der Waals surface area contributed by atoms with Crippen LogP contribution in [0.25, 0.3) is 0 Å². The van der Waals surface area contributed by atoms with Crippen molar-refractivity contribution in [3.05, 3.63) is 0 Å². The number of hydrogen-bond acceptors (Lipinski definition) is 1. The third-order valence-corrected chi connectivity index (χ3v) is 4.89. The van der Waals surface area contributed by atoms with Gasteiger partial charge in [-0.1, -0.05) is 103 Å². The summed E-state index contributed by atoms with van der Waals surface area (Å²) in [5.74, 6) is 0. The second-order valence-corrected chi connectivity index (χ2v) is 7.22. The molecule has 0 unspecified atom stereocenters. The van der Waals surface area contributed by atoms with Crippen LogP contribution in [0.15, 0.2) is 0 Å². The van der Waals surface area contributed by atoms with Gasteiger partial charge in [-0.05, 0) is 18.6 Å². The maximum atomic E-state index is 5.04. The molecular formula is C20H42N2S. The van der Waals surface area contributed by atoms with Crippen LogP contribution in [0.5, 0.6) is 0 Å². The first-order valence-corrected chi connectivity index (χ1v) is 10.7. The summed E-state index contributed by atoms with van der Waals surface area (Å²) < 4.78 is 0. The van der Waals surface area contributed by atoms with E-state index in [0.717, 1.165) is 11.7 Å². The van der Waals surface area contributed by atoms with E-state index in [1.807, 2.05) is 7.05 Å². The molecule has 0 atom stereocenters. The lowest BCUT2D eigenvalue weighted by Gasteiger charge is -2.06. The Balaban J connectivity index is 2.99. The molecule has 0 aliphatic heterocycles. The molecule has 0 heterocycles. The quantitative estimate of drug-likeness (QED) is 0.238. The summed E-state index contributed by atoms with van der Waals surface area (Å²) in [4.78, 5) is 0. The highest BCUT2D eigenvalue weighted by Crippen LogP contribution is 2.13. The molecule has 0 saturated carbocycles. The molecule has 0 amide bonds. The number of thiocarbonyl (C=S) groups is 1. The number of rotatable bonds is 17. The molecule has 0 spiro atoms. The Hall–Kier alpha value is -0.310. The molecule has 0 aliphatic carbocycles. The van der Waals surface area contributed by atoms with Gasteiger partial charge in [-0.2, -0.15) is 0 Å². The van der Waals surface area contributed by atoms with Crippen molar-refractivity contribution in [3.63, 3.8) is 0 Å². The van der Waals surface area contributed by atoms with Gasteiger partial charge in [0.2, 0.25) is 0 Å². The highest BCUT2D eigenvalue weighted by atomic mass is 32.1. The lowest BCUT2D eigenvalue weighted by molar-refractivity contribution is 0.529. The molecule has 2 nitrogen and oxygen atoms in total. The Morgan fingerprint density at radius 1 is 0.609 bits per heavy atom. The van der Waals surface area contributed by atoms with E-state index in [9.17, 15) is 0 Å². The smallest absolute Gasteiger partial charge is 0.166 e. The molecule has 0 aromatic rings. The van der Waals surface area contributed by atoms with Crippen molar-refractivity contribution < 1.29 is 0 Å². The number of hydrogen-bond donors (Lipinski definition) is 2. The predicted molar refractivity (Wildman–Crippen MR) is 109 cm³/mol. The predicted octanol–water partition coefficient (Wildman–Crippen LogP) is 6.34. The Morgan fingerprint density at radius 3 is 1.30 bits per heavy atom. The molecule has 0 radical (unpaired) electrons. The maximum absolute atomic E-state index is 5.04. The monoisotopic (exact) mass is 342 g/mol. The highest BCUT2D eigenvalue weighted by molar-refractivity contribution is 7.80. The SMILES string of the molecule is CCCCCCCCCCCCCCCCCCNC(=S)NC. The van der Waals surface area contributed by atoms with Crippen LogP contribution in [0, 0.1) is 0 Å². The van der Waals surface area contributed by atoms with E-state index in [1.165, 1.54) is 103 Å². The number of unbranched alkanes of at least 4 members (excludes halogenated alkanes) is 15. The average Bonchev–Trinajstić information content (AvgIpc) is 2.57. The first-order chi connectivity index (χ1) is 11.3. The molecular weight excluding hydrogens is 300 g/mol. The summed E-state index contributed by atoms with van der Waals surface area (Å²) in [5.41, 5.74) is 0. The fraction of sp³-hybridized carbons (Fsp3) is 0.950. The molecule has 23 heavy (non-hydrogen) atoms. The van der Waals surface area contributed by atoms with Gasteiger partial charge in [0.25, 0.3) is 0 Å². The van der Waals surface area contributed by atoms with E-state index in [1.54, 1.807) is 0 Å². The molecule has 0 saturated heterocycles. The topological polar surface area (TPSA) is 24.1 Å². The Morgan fingerprint density at radius 2 is 0.957 bits per heavy atom. The van der Waals surface area contributed by atoms with Crippen molar-refractivity contribution in [3.8, 4) is 0 Å². The standard InChI is InChI=1S/C20H42N2S/c1-3-4-5-6-7-8-9-10-11-12-13-14-15-16-17-18-19-22-20(23)21-2/h3-19H2,1-2H3,(H2,21,22,23). The van der Waals surface area contributed by atoms with E-state index in [-0.39, 0.29) is 0 Å². The van der Waals surface area contributed by atoms with E-state index >= 15 is 0 Å². The van der Waals surface area contributed by atoms with Gasteiger partial charge in [0, 0.05) is 13.6 Å². The summed E-state index contributed by atoms with van der Waals surface area (Å²) in [5, 5.41) is 6.91. The van der Waals surface area contributed by atoms with Crippen LogP contribution in [0.1, 0.15) is 110 Å². The molecule has 0 aliphatic rings. The van der Waals surface area contributed by atoms with Crippen LogP contribution in [-0.4, -0.2) is 18.7 Å². The zero-order valence-electron chi connectivity index (χ0n) is 15.9. The fourth-order valence-electron chi connectivity index (χ4n) is 2.96. The first kappa shape index (κ1) is 22.7. The van der Waals surface area contributed by atoms with Crippen molar-refractivity contribution in [1.82, 2.24) is 10.6 Å². The highest BCUT2D eigenvalue weighted by Gasteiger charge is 1.95. The maximum Gasteiger partial charge on any atom is 0.166 e. The minimum atomic E-state index is 0.769. The summed E-state index contributed by atoms with van der Waals surface area (Å²) in [6, 6.07) is 0. The molecule has 0 fully saturated rings. The van der Waals surface area contributed by atoms with E-state index in [2.05, 4.69) is 17.6 Å². The van der Waals surface area contributed by atoms with Crippen LogP contribution in [0.4, 0.5) is 0 Å². The van der Waals surface area contributed by atoms with Crippen LogP contribution >= 0.6 is 12.2 Å². The van der Waals surface area contributed by atoms with Crippen molar-refractivity contribution in [2.24, 2.45) is 0 Å². The average molecular weight is 343 g/mol. The Bertz CT molecular complexity index is 244. The van der Waals surface area contributed by atoms with Gasteiger partial charge >= 0.3 is 0 Å². The zero-order chi connectivity index (χ0) is 17.0. The van der Waals surface area contributed by atoms with Gasteiger partial charge in [-0.3, -0.25) is 0 Å². The first-order valence-electron chi connectivity index (χ1n) is 10.3. The van der Waals surface area contributed by atoms with Gasteiger partial charge in [0.05, 0.1) is 0 Å². The molecule has 3 heteroatoms. The van der Waals surface area contributed by atoms with Gasteiger partial charge in [0.15, 0.2) is 5.11 Å². The van der Waals surface area contributed by atoms with Crippen LogP contribution < -0.4 is 10.6 Å². The van der Waals surface area contributed by atoms with E-state index in [4.69, 9.17) is 12.2 Å². The van der Waals surface area contributed by atoms with E-state index < -0.39 is 0 Å². The summed E-state index contributed by atoms with van der Waals surface area (Å²) in [6.07, 6.45) is 22.7. The Kier molecular flexibility index (Phi) is 19.5. The second-order valence-electron chi connectivity index (χ2n) is 6.81. The molecule has 2 N–H and O–H groups in total. The van der Waals surface area contributed by atoms with Gasteiger partial charge in [0.1, 0.15) is 0 Å². The fourth-order valence-corrected chi connectivity index (χ4v) is 3.07. The van der Waals surface area contributed by atoms with Crippen LogP contribution in [0.3, 0.4) is 0 Å². The largest absolute Gasteiger partial charge is 0.366 e. The summed E-state index contributed by atoms with van der Waals surface area (Å²) in [7, 11) is 1.86.